The summed E-state index contributed by atoms with van der Waals surface area (Å²) in [5, 5.41) is 0. The van der Waals surface area contributed by atoms with Gasteiger partial charge in [0.05, 0.1) is 6.04 Å². The Morgan fingerprint density at radius 3 is 2.36 bits per heavy atom. The van der Waals surface area contributed by atoms with Crippen LogP contribution in [-0.2, 0) is 11.2 Å². The van der Waals surface area contributed by atoms with Gasteiger partial charge < -0.3 is 4.74 Å². The number of Topliss-reactive ketones (excluding diaryl/α,β-unsaturated/α-hetero) is 1. The van der Waals surface area contributed by atoms with Gasteiger partial charge in [0, 0.05) is 12.0 Å². The van der Waals surface area contributed by atoms with E-state index in [0.717, 1.165) is 16.7 Å². The first-order valence-electron chi connectivity index (χ1n) is 8.54. The number of rotatable bonds is 1. The molecule has 0 unspecified atom stereocenters. The van der Waals surface area contributed by atoms with Crippen LogP contribution in [0.4, 0.5) is 4.79 Å². The molecule has 1 aliphatic heterocycles. The zero-order valence-corrected chi connectivity index (χ0v) is 14.7. The van der Waals surface area contributed by atoms with Crippen LogP contribution in [0.15, 0.2) is 54.6 Å². The van der Waals surface area contributed by atoms with Gasteiger partial charge >= 0.3 is 6.09 Å². The second-order valence-electron chi connectivity index (χ2n) is 7.75. The topological polar surface area (TPSA) is 46.4 Å². The molecule has 0 N–H and O–H groups in total. The SMILES string of the molecule is CC(C)(C)OC(=O)N1[C@@H](c2ccccc2)[C@@]12Cc1ccccc1C2=O. The summed E-state index contributed by atoms with van der Waals surface area (Å²) in [5.74, 6) is 0.0165. The maximum absolute atomic E-state index is 13.2. The average molecular weight is 335 g/mol. The maximum Gasteiger partial charge on any atom is 0.411 e. The van der Waals surface area contributed by atoms with E-state index in [1.54, 1.807) is 4.90 Å². The van der Waals surface area contributed by atoms with E-state index < -0.39 is 17.2 Å². The Labute approximate surface area is 147 Å². The van der Waals surface area contributed by atoms with Crippen molar-refractivity contribution >= 4 is 11.9 Å². The molecule has 0 bridgehead atoms. The van der Waals surface area contributed by atoms with E-state index in [9.17, 15) is 9.59 Å². The van der Waals surface area contributed by atoms with Gasteiger partial charge in [-0.1, -0.05) is 54.6 Å². The minimum Gasteiger partial charge on any atom is -0.444 e. The molecule has 0 aromatic heterocycles. The summed E-state index contributed by atoms with van der Waals surface area (Å²) in [6.45, 7) is 5.51. The van der Waals surface area contributed by atoms with Crippen LogP contribution in [0.1, 0.15) is 48.3 Å². The first-order chi connectivity index (χ1) is 11.8. The maximum atomic E-state index is 13.2. The lowest BCUT2D eigenvalue weighted by Crippen LogP contribution is -2.33. The first kappa shape index (κ1) is 15.9. The van der Waals surface area contributed by atoms with Crippen molar-refractivity contribution in [2.45, 2.75) is 44.4 Å². The van der Waals surface area contributed by atoms with Crippen LogP contribution in [-0.4, -0.2) is 27.9 Å². The first-order valence-corrected chi connectivity index (χ1v) is 8.54. The predicted octanol–water partition coefficient (Wildman–Crippen LogP) is 4.16. The van der Waals surface area contributed by atoms with Crippen molar-refractivity contribution in [2.24, 2.45) is 0 Å². The molecule has 4 nitrogen and oxygen atoms in total. The van der Waals surface area contributed by atoms with Gasteiger partial charge in [0.25, 0.3) is 0 Å². The summed E-state index contributed by atoms with van der Waals surface area (Å²) in [6, 6.07) is 17.1. The average Bonchev–Trinajstić information content (AvgIpc) is 3.14. The fourth-order valence-electron chi connectivity index (χ4n) is 3.89. The predicted molar refractivity (Wildman–Crippen MR) is 94.5 cm³/mol. The molecule has 2 aromatic rings. The molecule has 2 atom stereocenters. The summed E-state index contributed by atoms with van der Waals surface area (Å²) < 4.78 is 5.58. The summed E-state index contributed by atoms with van der Waals surface area (Å²) in [5.41, 5.74) is 1.24. The van der Waals surface area contributed by atoms with Gasteiger partial charge in [-0.3, -0.25) is 9.69 Å². The molecule has 1 spiro atoms. The third-order valence-electron chi connectivity index (χ3n) is 4.89. The van der Waals surface area contributed by atoms with Crippen LogP contribution >= 0.6 is 0 Å². The van der Waals surface area contributed by atoms with Crippen LogP contribution in [0.3, 0.4) is 0 Å². The lowest BCUT2D eigenvalue weighted by molar-refractivity contribution is 0.0364. The number of carbonyl (C=O) groups is 2. The van der Waals surface area contributed by atoms with Crippen molar-refractivity contribution in [3.63, 3.8) is 0 Å². The number of fused-ring (bicyclic) bond motifs is 1. The van der Waals surface area contributed by atoms with Gasteiger partial charge in [-0.15, -0.1) is 0 Å². The Morgan fingerprint density at radius 2 is 1.72 bits per heavy atom. The molecule has 128 valence electrons. The van der Waals surface area contributed by atoms with E-state index in [4.69, 9.17) is 4.74 Å². The highest BCUT2D eigenvalue weighted by molar-refractivity contribution is 6.13. The standard InChI is InChI=1S/C21H21NO3/c1-20(2,3)25-19(24)22-17(14-9-5-4-6-10-14)21(22)13-15-11-7-8-12-16(15)18(21)23/h4-12,17H,13H2,1-3H3/t17-,21+,22?/m0/s1. The molecular weight excluding hydrogens is 314 g/mol. The van der Waals surface area contributed by atoms with Crippen molar-refractivity contribution in [1.82, 2.24) is 4.90 Å². The Hall–Kier alpha value is -2.62. The molecule has 2 aromatic carbocycles. The van der Waals surface area contributed by atoms with Gasteiger partial charge in [0.2, 0.25) is 0 Å². The number of ketones is 1. The monoisotopic (exact) mass is 335 g/mol. The zero-order valence-electron chi connectivity index (χ0n) is 14.7. The lowest BCUT2D eigenvalue weighted by atomic mass is 9.95. The Kier molecular flexibility index (Phi) is 3.29. The minimum atomic E-state index is -0.840. The van der Waals surface area contributed by atoms with Crippen LogP contribution in [0.2, 0.25) is 0 Å². The van der Waals surface area contributed by atoms with E-state index in [2.05, 4.69) is 0 Å². The van der Waals surface area contributed by atoms with Crippen LogP contribution in [0, 0.1) is 0 Å². The molecule has 25 heavy (non-hydrogen) atoms. The van der Waals surface area contributed by atoms with Gasteiger partial charge in [-0.25, -0.2) is 4.79 Å². The van der Waals surface area contributed by atoms with Crippen molar-refractivity contribution in [2.75, 3.05) is 0 Å². The van der Waals surface area contributed by atoms with Crippen LogP contribution in [0.25, 0.3) is 0 Å². The third kappa shape index (κ3) is 2.36. The molecule has 1 saturated heterocycles. The molecule has 1 aliphatic carbocycles. The number of benzene rings is 2. The third-order valence-corrected chi connectivity index (χ3v) is 4.89. The van der Waals surface area contributed by atoms with Crippen LogP contribution < -0.4 is 0 Å². The molecule has 0 saturated carbocycles. The summed E-state index contributed by atoms with van der Waals surface area (Å²) >= 11 is 0. The van der Waals surface area contributed by atoms with E-state index in [-0.39, 0.29) is 11.8 Å². The molecule has 4 rings (SSSR count). The van der Waals surface area contributed by atoms with E-state index in [0.29, 0.717) is 6.42 Å². The molecule has 0 radical (unpaired) electrons. The van der Waals surface area contributed by atoms with Crippen molar-refractivity contribution in [1.29, 1.82) is 0 Å². The van der Waals surface area contributed by atoms with Gasteiger partial charge in [0.1, 0.15) is 11.1 Å². The number of ether oxygens (including phenoxy) is 1. The number of nitrogens with zero attached hydrogens (tertiary/aromatic N) is 1. The highest BCUT2D eigenvalue weighted by atomic mass is 16.6. The smallest absolute Gasteiger partial charge is 0.411 e. The van der Waals surface area contributed by atoms with Crippen molar-refractivity contribution in [3.8, 4) is 0 Å². The molecule has 1 amide bonds. The molecule has 2 aliphatic rings. The summed E-state index contributed by atoms with van der Waals surface area (Å²) in [7, 11) is 0. The Morgan fingerprint density at radius 1 is 1.08 bits per heavy atom. The van der Waals surface area contributed by atoms with Gasteiger partial charge in [0.15, 0.2) is 5.78 Å². The molecule has 4 heteroatoms. The van der Waals surface area contributed by atoms with Gasteiger partial charge in [-0.05, 0) is 31.9 Å². The lowest BCUT2D eigenvalue weighted by Gasteiger charge is -2.21. The van der Waals surface area contributed by atoms with E-state index >= 15 is 0 Å². The highest BCUT2D eigenvalue weighted by Crippen LogP contribution is 2.60. The summed E-state index contributed by atoms with van der Waals surface area (Å²) in [4.78, 5) is 27.6. The van der Waals surface area contributed by atoms with Crippen LogP contribution in [0.5, 0.6) is 0 Å². The van der Waals surface area contributed by atoms with Gasteiger partial charge in [-0.2, -0.15) is 0 Å². The fourth-order valence-corrected chi connectivity index (χ4v) is 3.89. The number of hydrogen-bond acceptors (Lipinski definition) is 3. The number of carbonyl (C=O) groups excluding carboxylic acids is 2. The number of hydrogen-bond donors (Lipinski definition) is 0. The minimum absolute atomic E-state index is 0.0165. The van der Waals surface area contributed by atoms with E-state index in [1.165, 1.54) is 0 Å². The molecule has 1 heterocycles. The molecule has 1 fully saturated rings. The van der Waals surface area contributed by atoms with Crippen molar-refractivity contribution in [3.05, 3.63) is 71.3 Å². The Bertz CT molecular complexity index is 853. The second-order valence-corrected chi connectivity index (χ2v) is 7.75. The van der Waals surface area contributed by atoms with E-state index in [1.807, 2.05) is 75.4 Å². The number of amides is 1. The highest BCUT2D eigenvalue weighted by Gasteiger charge is 2.73. The second kappa shape index (κ2) is 5.19. The Balaban J connectivity index is 1.75. The fraction of sp³-hybridized carbons (Fsp3) is 0.333. The largest absolute Gasteiger partial charge is 0.444 e. The normalized spacial score (nSPS) is 24.4. The zero-order chi connectivity index (χ0) is 17.8. The molecular formula is C21H21NO3. The summed E-state index contributed by atoms with van der Waals surface area (Å²) in [6.07, 6.45) is 0.114. The van der Waals surface area contributed by atoms with Crippen molar-refractivity contribution < 1.29 is 14.3 Å². The quantitative estimate of drug-likeness (QED) is 0.735.